The van der Waals surface area contributed by atoms with E-state index in [4.69, 9.17) is 0 Å². The quantitative estimate of drug-likeness (QED) is 0.505. The van der Waals surface area contributed by atoms with Gasteiger partial charge < -0.3 is 9.47 Å². The molecule has 0 spiro atoms. The van der Waals surface area contributed by atoms with Crippen molar-refractivity contribution < 1.29 is 4.39 Å². The Morgan fingerprint density at radius 1 is 1.04 bits per heavy atom. The van der Waals surface area contributed by atoms with Crippen LogP contribution in [0.5, 0.6) is 0 Å². The fourth-order valence-corrected chi connectivity index (χ4v) is 4.31. The zero-order valence-electron chi connectivity index (χ0n) is 14.8. The molecule has 1 aliphatic heterocycles. The van der Waals surface area contributed by atoms with Gasteiger partial charge in [-0.05, 0) is 37.1 Å². The first-order chi connectivity index (χ1) is 13.2. The molecule has 1 fully saturated rings. The molecule has 6 nitrogen and oxygen atoms in total. The average molecular weight is 380 g/mol. The number of nitrogens with zero attached hydrogens (tertiary/aromatic N) is 6. The van der Waals surface area contributed by atoms with Gasteiger partial charge in [-0.2, -0.15) is 4.39 Å². The molecule has 4 aromatic heterocycles. The van der Waals surface area contributed by atoms with Crippen molar-refractivity contribution in [1.29, 1.82) is 0 Å². The Labute approximate surface area is 159 Å². The molecule has 1 saturated heterocycles. The number of halogens is 1. The van der Waals surface area contributed by atoms with Gasteiger partial charge in [0.1, 0.15) is 10.8 Å². The number of anilines is 1. The number of fused-ring (bicyclic) bond motifs is 1. The largest absolute Gasteiger partial charge is 0.357 e. The van der Waals surface area contributed by atoms with Crippen LogP contribution in [0.1, 0.15) is 12.8 Å². The van der Waals surface area contributed by atoms with E-state index >= 15 is 0 Å². The molecule has 5 heterocycles. The Kier molecular flexibility index (Phi) is 3.86. The van der Waals surface area contributed by atoms with Gasteiger partial charge in [0.2, 0.25) is 5.95 Å². The maximum atomic E-state index is 14.7. The smallest absolute Gasteiger partial charge is 0.225 e. The van der Waals surface area contributed by atoms with Crippen LogP contribution in [0, 0.1) is 5.95 Å². The topological polar surface area (TPSA) is 59.7 Å². The number of aryl methyl sites for hydroxylation is 1. The van der Waals surface area contributed by atoms with E-state index in [2.05, 4.69) is 24.8 Å². The van der Waals surface area contributed by atoms with Gasteiger partial charge in [0, 0.05) is 20.1 Å². The molecule has 136 valence electrons. The van der Waals surface area contributed by atoms with Crippen LogP contribution in [0.3, 0.4) is 0 Å². The molecule has 0 saturated carbocycles. The minimum Gasteiger partial charge on any atom is -0.357 e. The molecule has 8 heteroatoms. The molecular formula is C19H17FN6S. The molecule has 5 rings (SSSR count). The SMILES string of the molecule is Cn1cncc1-c1ccc2sc(-c3ccc(N4CCCC4)nc3F)nc2n1. The minimum atomic E-state index is -0.481. The second-order valence-corrected chi connectivity index (χ2v) is 7.66. The summed E-state index contributed by atoms with van der Waals surface area (Å²) in [5.74, 6) is 0.219. The summed E-state index contributed by atoms with van der Waals surface area (Å²) in [5.41, 5.74) is 2.73. The molecule has 0 unspecified atom stereocenters. The van der Waals surface area contributed by atoms with E-state index in [1.807, 2.05) is 29.8 Å². The van der Waals surface area contributed by atoms with Gasteiger partial charge in [0.05, 0.1) is 34.2 Å². The maximum absolute atomic E-state index is 14.7. The number of imidazole rings is 1. The third-order valence-electron chi connectivity index (χ3n) is 4.83. The summed E-state index contributed by atoms with van der Waals surface area (Å²) in [6.45, 7) is 1.88. The van der Waals surface area contributed by atoms with Crippen LogP contribution in [0.2, 0.25) is 0 Å². The van der Waals surface area contributed by atoms with E-state index < -0.39 is 5.95 Å². The molecular weight excluding hydrogens is 363 g/mol. The van der Waals surface area contributed by atoms with Gasteiger partial charge >= 0.3 is 0 Å². The van der Waals surface area contributed by atoms with Crippen LogP contribution in [-0.4, -0.2) is 37.6 Å². The van der Waals surface area contributed by atoms with Crippen LogP contribution in [-0.2, 0) is 7.05 Å². The monoisotopic (exact) mass is 380 g/mol. The van der Waals surface area contributed by atoms with E-state index in [1.54, 1.807) is 18.6 Å². The van der Waals surface area contributed by atoms with Crippen molar-refractivity contribution in [2.45, 2.75) is 12.8 Å². The van der Waals surface area contributed by atoms with Gasteiger partial charge in [-0.25, -0.2) is 19.9 Å². The van der Waals surface area contributed by atoms with Crippen molar-refractivity contribution >= 4 is 27.5 Å². The summed E-state index contributed by atoms with van der Waals surface area (Å²) in [5, 5.41) is 0.595. The van der Waals surface area contributed by atoms with Crippen LogP contribution < -0.4 is 4.90 Å². The van der Waals surface area contributed by atoms with Crippen LogP contribution >= 0.6 is 11.3 Å². The summed E-state index contributed by atoms with van der Waals surface area (Å²) in [4.78, 5) is 19.6. The number of aromatic nitrogens is 5. The van der Waals surface area contributed by atoms with E-state index in [0.717, 1.165) is 42.0 Å². The zero-order chi connectivity index (χ0) is 18.4. The predicted octanol–water partition coefficient (Wildman–Crippen LogP) is 3.89. The third-order valence-corrected chi connectivity index (χ3v) is 5.87. The second kappa shape index (κ2) is 6.38. The molecule has 0 radical (unpaired) electrons. The summed E-state index contributed by atoms with van der Waals surface area (Å²) in [6.07, 6.45) is 5.76. The summed E-state index contributed by atoms with van der Waals surface area (Å²) in [6, 6.07) is 7.56. The van der Waals surface area contributed by atoms with E-state index in [0.29, 0.717) is 22.0 Å². The lowest BCUT2D eigenvalue weighted by molar-refractivity contribution is 0.586. The minimum absolute atomic E-state index is 0.419. The fraction of sp³-hybridized carbons (Fsp3) is 0.263. The Morgan fingerprint density at radius 3 is 2.63 bits per heavy atom. The summed E-state index contributed by atoms with van der Waals surface area (Å²) in [7, 11) is 1.92. The molecule has 0 N–H and O–H groups in total. The van der Waals surface area contributed by atoms with Crippen molar-refractivity contribution in [3.05, 3.63) is 42.7 Å². The van der Waals surface area contributed by atoms with Gasteiger partial charge in [0.15, 0.2) is 5.65 Å². The van der Waals surface area contributed by atoms with Crippen LogP contribution in [0.4, 0.5) is 10.2 Å². The third kappa shape index (κ3) is 2.86. The van der Waals surface area contributed by atoms with Gasteiger partial charge in [-0.1, -0.05) is 0 Å². The lowest BCUT2D eigenvalue weighted by atomic mass is 10.2. The first kappa shape index (κ1) is 16.3. The standard InChI is InChI=1S/C19H17FN6S/c1-25-11-21-10-14(25)13-5-6-15-18(22-13)24-19(27-15)12-4-7-16(23-17(12)20)26-8-2-3-9-26/h4-7,10-11H,2-3,8-9H2,1H3. The molecule has 0 bridgehead atoms. The fourth-order valence-electron chi connectivity index (χ4n) is 3.39. The number of thiazole rings is 1. The molecule has 27 heavy (non-hydrogen) atoms. The summed E-state index contributed by atoms with van der Waals surface area (Å²) >= 11 is 1.42. The van der Waals surface area contributed by atoms with E-state index in [-0.39, 0.29) is 0 Å². The predicted molar refractivity (Wildman–Crippen MR) is 104 cm³/mol. The molecule has 1 aliphatic rings. The van der Waals surface area contributed by atoms with Crippen molar-refractivity contribution in [1.82, 2.24) is 24.5 Å². The van der Waals surface area contributed by atoms with Crippen molar-refractivity contribution in [2.24, 2.45) is 7.05 Å². The van der Waals surface area contributed by atoms with E-state index in [1.165, 1.54) is 11.3 Å². The zero-order valence-corrected chi connectivity index (χ0v) is 15.6. The van der Waals surface area contributed by atoms with Gasteiger partial charge in [-0.15, -0.1) is 11.3 Å². The molecule has 0 aromatic carbocycles. The Hall–Kier alpha value is -2.87. The van der Waals surface area contributed by atoms with Crippen molar-refractivity contribution in [3.8, 4) is 22.0 Å². The number of hydrogen-bond acceptors (Lipinski definition) is 6. The van der Waals surface area contributed by atoms with Crippen LogP contribution in [0.15, 0.2) is 36.8 Å². The van der Waals surface area contributed by atoms with Crippen LogP contribution in [0.25, 0.3) is 32.3 Å². The highest BCUT2D eigenvalue weighted by Gasteiger charge is 2.18. The normalized spacial score (nSPS) is 14.4. The highest BCUT2D eigenvalue weighted by molar-refractivity contribution is 7.21. The molecule has 0 atom stereocenters. The van der Waals surface area contributed by atoms with Gasteiger partial charge in [-0.3, -0.25) is 0 Å². The lowest BCUT2D eigenvalue weighted by Gasteiger charge is -2.16. The van der Waals surface area contributed by atoms with Gasteiger partial charge in [0.25, 0.3) is 0 Å². The number of rotatable bonds is 3. The van der Waals surface area contributed by atoms with E-state index in [9.17, 15) is 4.39 Å². The average Bonchev–Trinajstić information content (AvgIpc) is 3.41. The lowest BCUT2D eigenvalue weighted by Crippen LogP contribution is -2.19. The number of pyridine rings is 2. The summed E-state index contributed by atoms with van der Waals surface area (Å²) < 4.78 is 17.5. The maximum Gasteiger partial charge on any atom is 0.225 e. The highest BCUT2D eigenvalue weighted by Crippen LogP contribution is 2.33. The first-order valence-electron chi connectivity index (χ1n) is 8.85. The Morgan fingerprint density at radius 2 is 1.89 bits per heavy atom. The molecule has 0 aliphatic carbocycles. The second-order valence-electron chi connectivity index (χ2n) is 6.63. The number of hydrogen-bond donors (Lipinski definition) is 0. The highest BCUT2D eigenvalue weighted by atomic mass is 32.1. The first-order valence-corrected chi connectivity index (χ1v) is 9.67. The van der Waals surface area contributed by atoms with Crippen molar-refractivity contribution in [2.75, 3.05) is 18.0 Å². The molecule has 4 aromatic rings. The Bertz CT molecular complexity index is 1130. The Balaban J connectivity index is 1.52. The van der Waals surface area contributed by atoms with Crippen molar-refractivity contribution in [3.63, 3.8) is 0 Å². The molecule has 0 amide bonds.